The number of rotatable bonds is 2. The van der Waals surface area contributed by atoms with E-state index < -0.39 is 29.8 Å². The Morgan fingerprint density at radius 2 is 2.12 bits per heavy atom. The highest BCUT2D eigenvalue weighted by Gasteiger charge is 2.38. The molecule has 3 rings (SSSR count). The van der Waals surface area contributed by atoms with Crippen molar-refractivity contribution >= 4 is 5.91 Å². The number of hydrogen-bond acceptors (Lipinski definition) is 3. The second kappa shape index (κ2) is 5.94. The summed E-state index contributed by atoms with van der Waals surface area (Å²) in [5.74, 6) is -0.408. The number of aliphatic hydroxyl groups excluding tert-OH is 1. The van der Waals surface area contributed by atoms with E-state index in [4.69, 9.17) is 0 Å². The molecular formula is C16H16F3N3O2. The maximum Gasteiger partial charge on any atom is 0.416 e. The van der Waals surface area contributed by atoms with Gasteiger partial charge in [-0.3, -0.25) is 4.79 Å². The predicted octanol–water partition coefficient (Wildman–Crippen LogP) is 2.39. The molecule has 0 bridgehead atoms. The summed E-state index contributed by atoms with van der Waals surface area (Å²) in [6.45, 7) is 0.0658. The third-order valence-electron chi connectivity index (χ3n) is 4.06. The molecule has 1 N–H and O–H groups in total. The molecule has 0 aliphatic carbocycles. The standard InChI is InChI=1S/C16H16F3N3O2/c1-21-8-13(20-9-21)15(24)22-7-12(23)6-14(22)10-3-2-4-11(5-10)16(17,18)19/h2-5,8-9,12,14,23H,6-7H2,1H3/t12-,14+/m0/s1. The Labute approximate surface area is 136 Å². The Morgan fingerprint density at radius 1 is 1.38 bits per heavy atom. The predicted molar refractivity (Wildman–Crippen MR) is 79.1 cm³/mol. The Kier molecular flexibility index (Phi) is 4.08. The molecule has 24 heavy (non-hydrogen) atoms. The van der Waals surface area contributed by atoms with Crippen LogP contribution in [0.15, 0.2) is 36.8 Å². The van der Waals surface area contributed by atoms with E-state index in [1.807, 2.05) is 0 Å². The Morgan fingerprint density at radius 3 is 2.75 bits per heavy atom. The number of alkyl halides is 3. The number of aryl methyl sites for hydroxylation is 1. The number of nitrogens with zero attached hydrogens (tertiary/aromatic N) is 3. The van der Waals surface area contributed by atoms with Gasteiger partial charge in [0.15, 0.2) is 0 Å². The van der Waals surface area contributed by atoms with Crippen LogP contribution in [0, 0.1) is 0 Å². The molecule has 0 radical (unpaired) electrons. The van der Waals surface area contributed by atoms with Crippen LogP contribution in [-0.2, 0) is 13.2 Å². The highest BCUT2D eigenvalue weighted by atomic mass is 19.4. The van der Waals surface area contributed by atoms with Crippen LogP contribution in [-0.4, -0.2) is 38.1 Å². The lowest BCUT2D eigenvalue weighted by atomic mass is 10.0. The van der Waals surface area contributed by atoms with Crippen LogP contribution in [0.1, 0.15) is 34.1 Å². The number of imidazole rings is 1. The molecule has 1 aromatic carbocycles. The van der Waals surface area contributed by atoms with Gasteiger partial charge in [-0.15, -0.1) is 0 Å². The molecule has 0 saturated carbocycles. The van der Waals surface area contributed by atoms with Gasteiger partial charge in [-0.25, -0.2) is 4.98 Å². The minimum Gasteiger partial charge on any atom is -0.391 e. The fourth-order valence-electron chi connectivity index (χ4n) is 2.95. The van der Waals surface area contributed by atoms with Crippen molar-refractivity contribution in [1.82, 2.24) is 14.5 Å². The van der Waals surface area contributed by atoms with E-state index >= 15 is 0 Å². The number of aliphatic hydroxyl groups is 1. The molecule has 1 fully saturated rings. The van der Waals surface area contributed by atoms with E-state index in [1.54, 1.807) is 11.6 Å². The molecule has 128 valence electrons. The monoisotopic (exact) mass is 339 g/mol. The lowest BCUT2D eigenvalue weighted by molar-refractivity contribution is -0.137. The minimum atomic E-state index is -4.46. The first-order valence-electron chi connectivity index (χ1n) is 7.40. The fourth-order valence-corrected chi connectivity index (χ4v) is 2.95. The van der Waals surface area contributed by atoms with E-state index in [0.717, 1.165) is 12.1 Å². The van der Waals surface area contributed by atoms with Gasteiger partial charge in [0.1, 0.15) is 5.69 Å². The van der Waals surface area contributed by atoms with Crippen LogP contribution >= 0.6 is 0 Å². The van der Waals surface area contributed by atoms with Gasteiger partial charge in [0.25, 0.3) is 5.91 Å². The van der Waals surface area contributed by atoms with Crippen LogP contribution < -0.4 is 0 Å². The van der Waals surface area contributed by atoms with Crippen molar-refractivity contribution in [2.45, 2.75) is 24.7 Å². The average Bonchev–Trinajstić information content (AvgIpc) is 3.12. The number of carbonyl (C=O) groups excluding carboxylic acids is 1. The van der Waals surface area contributed by atoms with Gasteiger partial charge < -0.3 is 14.6 Å². The molecule has 2 aromatic rings. The van der Waals surface area contributed by atoms with E-state index in [2.05, 4.69) is 4.98 Å². The smallest absolute Gasteiger partial charge is 0.391 e. The number of β-amino-alcohol motifs (C(OH)–C–C–N with tert-alkyl or cyclic N) is 1. The second-order valence-corrected chi connectivity index (χ2v) is 5.91. The van der Waals surface area contributed by atoms with Gasteiger partial charge in [0.2, 0.25) is 0 Å². The third kappa shape index (κ3) is 3.14. The summed E-state index contributed by atoms with van der Waals surface area (Å²) in [5.41, 5.74) is -0.221. The highest BCUT2D eigenvalue weighted by Crippen LogP contribution is 2.36. The number of likely N-dealkylation sites (tertiary alicyclic amines) is 1. The fraction of sp³-hybridized carbons (Fsp3) is 0.375. The zero-order valence-corrected chi connectivity index (χ0v) is 12.9. The van der Waals surface area contributed by atoms with Gasteiger partial charge in [-0.05, 0) is 24.1 Å². The number of amides is 1. The van der Waals surface area contributed by atoms with Crippen molar-refractivity contribution < 1.29 is 23.1 Å². The lowest BCUT2D eigenvalue weighted by Crippen LogP contribution is -2.32. The maximum atomic E-state index is 12.9. The number of carbonyl (C=O) groups is 1. The Hall–Kier alpha value is -2.35. The summed E-state index contributed by atoms with van der Waals surface area (Å²) in [4.78, 5) is 17.9. The quantitative estimate of drug-likeness (QED) is 0.914. The average molecular weight is 339 g/mol. The van der Waals surface area contributed by atoms with Crippen molar-refractivity contribution in [3.05, 3.63) is 53.6 Å². The van der Waals surface area contributed by atoms with E-state index in [-0.39, 0.29) is 18.7 Å². The van der Waals surface area contributed by atoms with Gasteiger partial charge in [-0.2, -0.15) is 13.2 Å². The summed E-state index contributed by atoms with van der Waals surface area (Å²) < 4.78 is 40.3. The molecule has 2 atom stereocenters. The molecule has 1 aliphatic rings. The van der Waals surface area contributed by atoms with Gasteiger partial charge in [-0.1, -0.05) is 12.1 Å². The zero-order valence-electron chi connectivity index (χ0n) is 12.9. The number of hydrogen-bond donors (Lipinski definition) is 1. The highest BCUT2D eigenvalue weighted by molar-refractivity contribution is 5.92. The summed E-state index contributed by atoms with van der Waals surface area (Å²) in [6, 6.07) is 4.25. The molecule has 1 aliphatic heterocycles. The van der Waals surface area contributed by atoms with Gasteiger partial charge in [0, 0.05) is 19.8 Å². The largest absolute Gasteiger partial charge is 0.416 e. The second-order valence-electron chi connectivity index (χ2n) is 5.91. The number of benzene rings is 1. The summed E-state index contributed by atoms with van der Waals surface area (Å²) >= 11 is 0. The molecule has 0 spiro atoms. The van der Waals surface area contributed by atoms with E-state index in [1.165, 1.54) is 29.6 Å². The molecule has 0 unspecified atom stereocenters. The SMILES string of the molecule is Cn1cnc(C(=O)N2C[C@@H](O)C[C@@H]2c2cccc(C(F)(F)F)c2)c1. The minimum absolute atomic E-state index is 0.0658. The van der Waals surface area contributed by atoms with Gasteiger partial charge in [0.05, 0.1) is 24.0 Å². The molecule has 1 amide bonds. The van der Waals surface area contributed by atoms with Gasteiger partial charge >= 0.3 is 6.18 Å². The van der Waals surface area contributed by atoms with Crippen LogP contribution in [0.2, 0.25) is 0 Å². The molecular weight excluding hydrogens is 323 g/mol. The van der Waals surface area contributed by atoms with E-state index in [0.29, 0.717) is 5.56 Å². The van der Waals surface area contributed by atoms with Crippen molar-refractivity contribution in [1.29, 1.82) is 0 Å². The summed E-state index contributed by atoms with van der Waals surface area (Å²) in [6.07, 6.45) is -2.03. The van der Waals surface area contributed by atoms with Crippen molar-refractivity contribution in [3.63, 3.8) is 0 Å². The molecule has 1 saturated heterocycles. The Bertz CT molecular complexity index is 757. The third-order valence-corrected chi connectivity index (χ3v) is 4.06. The van der Waals surface area contributed by atoms with Crippen LogP contribution in [0.3, 0.4) is 0 Å². The molecule has 5 nitrogen and oxygen atoms in total. The number of halogens is 3. The number of aromatic nitrogens is 2. The first-order valence-corrected chi connectivity index (χ1v) is 7.40. The zero-order chi connectivity index (χ0) is 17.5. The van der Waals surface area contributed by atoms with Crippen LogP contribution in [0.5, 0.6) is 0 Å². The van der Waals surface area contributed by atoms with E-state index in [9.17, 15) is 23.1 Å². The summed E-state index contributed by atoms with van der Waals surface area (Å²) in [5, 5.41) is 9.92. The normalized spacial score (nSPS) is 21.3. The molecule has 8 heteroatoms. The van der Waals surface area contributed by atoms with Crippen molar-refractivity contribution in [3.8, 4) is 0 Å². The molecule has 2 heterocycles. The Balaban J connectivity index is 1.92. The summed E-state index contributed by atoms with van der Waals surface area (Å²) in [7, 11) is 1.72. The maximum absolute atomic E-state index is 12.9. The van der Waals surface area contributed by atoms with Crippen LogP contribution in [0.25, 0.3) is 0 Å². The van der Waals surface area contributed by atoms with Crippen molar-refractivity contribution in [2.75, 3.05) is 6.54 Å². The topological polar surface area (TPSA) is 58.4 Å². The first kappa shape index (κ1) is 16.5. The lowest BCUT2D eigenvalue weighted by Gasteiger charge is -2.24. The molecule has 1 aromatic heterocycles. The first-order chi connectivity index (χ1) is 11.3. The van der Waals surface area contributed by atoms with Crippen molar-refractivity contribution in [2.24, 2.45) is 7.05 Å². The van der Waals surface area contributed by atoms with Crippen LogP contribution in [0.4, 0.5) is 13.2 Å².